The van der Waals surface area contributed by atoms with Crippen LogP contribution in [-0.4, -0.2) is 11.8 Å². The van der Waals surface area contributed by atoms with Crippen molar-refractivity contribution in [3.8, 4) is 5.75 Å². The first-order valence-electron chi connectivity index (χ1n) is 9.06. The van der Waals surface area contributed by atoms with Gasteiger partial charge in [-0.25, -0.2) is 0 Å². The Morgan fingerprint density at radius 2 is 1.72 bits per heavy atom. The minimum atomic E-state index is -0.748. The third-order valence-corrected chi connectivity index (χ3v) is 5.81. The van der Waals surface area contributed by atoms with E-state index in [1.807, 2.05) is 54.6 Å². The van der Waals surface area contributed by atoms with Crippen molar-refractivity contribution < 1.29 is 14.3 Å². The van der Waals surface area contributed by atoms with Crippen LogP contribution in [0.15, 0.2) is 54.6 Å². The number of para-hydroxylation sites is 1. The summed E-state index contributed by atoms with van der Waals surface area (Å²) in [5.41, 5.74) is 1.26. The van der Waals surface area contributed by atoms with Crippen molar-refractivity contribution in [3.63, 3.8) is 0 Å². The van der Waals surface area contributed by atoms with E-state index in [1.165, 1.54) is 0 Å². The summed E-state index contributed by atoms with van der Waals surface area (Å²) in [6.07, 6.45) is 2.64. The van der Waals surface area contributed by atoms with Crippen molar-refractivity contribution in [2.75, 3.05) is 0 Å². The van der Waals surface area contributed by atoms with Crippen LogP contribution >= 0.6 is 0 Å². The first kappa shape index (κ1) is 16.1. The number of ether oxygens (including phenoxy) is 1. The molecule has 3 nitrogen and oxygen atoms in total. The Bertz CT molecular complexity index is 811. The third-order valence-electron chi connectivity index (χ3n) is 5.81. The summed E-state index contributed by atoms with van der Waals surface area (Å²) in [4.78, 5) is 25.8. The van der Waals surface area contributed by atoms with Gasteiger partial charge < -0.3 is 4.74 Å². The molecule has 1 aliphatic carbocycles. The predicted molar refractivity (Wildman–Crippen MR) is 95.6 cm³/mol. The number of carbonyl (C=O) groups excluding carboxylic acids is 2. The zero-order chi connectivity index (χ0) is 17.4. The van der Waals surface area contributed by atoms with E-state index in [0.717, 1.165) is 24.0 Å². The zero-order valence-corrected chi connectivity index (χ0v) is 14.4. The standard InChI is InChI=1S/C22H22O3/c1-2-8-16-13-17(23)14-19(15-9-4-3-5-10-15)22(16)18-11-6-7-12-20(18)25-21(22)24/h3-7,9-12,16,19H,2,8,13-14H2,1H3/t16-,19-,22?/m0/s1. The summed E-state index contributed by atoms with van der Waals surface area (Å²) >= 11 is 0. The first-order chi connectivity index (χ1) is 12.2. The Morgan fingerprint density at radius 3 is 2.48 bits per heavy atom. The van der Waals surface area contributed by atoms with E-state index in [1.54, 1.807) is 0 Å². The normalized spacial score (nSPS) is 28.0. The minimum Gasteiger partial charge on any atom is -0.426 e. The van der Waals surface area contributed by atoms with Crippen molar-refractivity contribution in [2.24, 2.45) is 5.92 Å². The number of hydrogen-bond donors (Lipinski definition) is 0. The number of rotatable bonds is 3. The highest BCUT2D eigenvalue weighted by molar-refractivity contribution is 5.96. The van der Waals surface area contributed by atoms with Gasteiger partial charge in [0.2, 0.25) is 0 Å². The van der Waals surface area contributed by atoms with Gasteiger partial charge in [0, 0.05) is 24.3 Å². The van der Waals surface area contributed by atoms with E-state index >= 15 is 0 Å². The molecule has 3 atom stereocenters. The van der Waals surface area contributed by atoms with Crippen LogP contribution in [0.25, 0.3) is 0 Å². The molecule has 1 heterocycles. The number of ketones is 1. The van der Waals surface area contributed by atoms with Crippen LogP contribution < -0.4 is 4.74 Å². The van der Waals surface area contributed by atoms with Gasteiger partial charge in [-0.1, -0.05) is 61.9 Å². The molecule has 3 heteroatoms. The molecule has 0 saturated heterocycles. The lowest BCUT2D eigenvalue weighted by molar-refractivity contribution is -0.144. The fourth-order valence-electron chi connectivity index (χ4n) is 4.84. The molecule has 1 aliphatic heterocycles. The molecule has 0 radical (unpaired) electrons. The van der Waals surface area contributed by atoms with Gasteiger partial charge in [0.15, 0.2) is 0 Å². The fraction of sp³-hybridized carbons (Fsp3) is 0.364. The number of hydrogen-bond acceptors (Lipinski definition) is 3. The summed E-state index contributed by atoms with van der Waals surface area (Å²) < 4.78 is 5.71. The highest BCUT2D eigenvalue weighted by Crippen LogP contribution is 2.58. The molecule has 2 aliphatic rings. The second-order valence-electron chi connectivity index (χ2n) is 7.15. The largest absolute Gasteiger partial charge is 0.426 e. The third kappa shape index (κ3) is 2.33. The first-order valence-corrected chi connectivity index (χ1v) is 9.06. The molecule has 1 spiro atoms. The predicted octanol–water partition coefficient (Wildman–Crippen LogP) is 4.41. The lowest BCUT2D eigenvalue weighted by atomic mass is 9.54. The summed E-state index contributed by atoms with van der Waals surface area (Å²) in [5, 5.41) is 0. The van der Waals surface area contributed by atoms with Gasteiger partial charge in [-0.15, -0.1) is 0 Å². The van der Waals surface area contributed by atoms with Crippen LogP contribution in [0.3, 0.4) is 0 Å². The van der Waals surface area contributed by atoms with Crippen molar-refractivity contribution in [1.29, 1.82) is 0 Å². The van der Waals surface area contributed by atoms with Crippen molar-refractivity contribution in [1.82, 2.24) is 0 Å². The molecule has 2 aromatic carbocycles. The summed E-state index contributed by atoms with van der Waals surface area (Å²) in [6.45, 7) is 2.11. The van der Waals surface area contributed by atoms with E-state index in [9.17, 15) is 9.59 Å². The van der Waals surface area contributed by atoms with Gasteiger partial charge in [0.25, 0.3) is 0 Å². The Morgan fingerprint density at radius 1 is 1.00 bits per heavy atom. The molecule has 1 fully saturated rings. The number of Topliss-reactive ketones (excluding diaryl/α,β-unsaturated/α-hetero) is 1. The molecule has 2 aromatic rings. The summed E-state index contributed by atoms with van der Waals surface area (Å²) in [6, 6.07) is 17.7. The second-order valence-corrected chi connectivity index (χ2v) is 7.15. The number of esters is 1. The molecular formula is C22H22O3. The van der Waals surface area contributed by atoms with Gasteiger partial charge in [-0.3, -0.25) is 9.59 Å². The Balaban J connectivity index is 1.95. The van der Waals surface area contributed by atoms with Crippen LogP contribution in [0.5, 0.6) is 5.75 Å². The SMILES string of the molecule is CCC[C@H]1CC(=O)C[C@@H](c2ccccc2)C12C(=O)Oc1ccccc12. The van der Waals surface area contributed by atoms with E-state index in [4.69, 9.17) is 4.74 Å². The maximum Gasteiger partial charge on any atom is 0.323 e. The van der Waals surface area contributed by atoms with E-state index < -0.39 is 5.41 Å². The van der Waals surface area contributed by atoms with E-state index in [-0.39, 0.29) is 23.6 Å². The molecule has 0 N–H and O–H groups in total. The highest BCUT2D eigenvalue weighted by Gasteiger charge is 2.61. The minimum absolute atomic E-state index is 0.0138. The highest BCUT2D eigenvalue weighted by atomic mass is 16.5. The summed E-state index contributed by atoms with van der Waals surface area (Å²) in [7, 11) is 0. The van der Waals surface area contributed by atoms with Crippen molar-refractivity contribution in [2.45, 2.75) is 43.9 Å². The van der Waals surface area contributed by atoms with Gasteiger partial charge in [-0.05, 0) is 24.0 Å². The number of carbonyl (C=O) groups is 2. The maximum absolute atomic E-state index is 13.3. The smallest absolute Gasteiger partial charge is 0.323 e. The maximum atomic E-state index is 13.3. The van der Waals surface area contributed by atoms with Gasteiger partial charge >= 0.3 is 5.97 Å². The zero-order valence-electron chi connectivity index (χ0n) is 14.4. The molecule has 0 bridgehead atoms. The molecule has 25 heavy (non-hydrogen) atoms. The Hall–Kier alpha value is -2.42. The molecule has 128 valence electrons. The van der Waals surface area contributed by atoms with Crippen LogP contribution in [0.4, 0.5) is 0 Å². The van der Waals surface area contributed by atoms with Gasteiger partial charge in [0.1, 0.15) is 16.9 Å². The van der Waals surface area contributed by atoms with Gasteiger partial charge in [0.05, 0.1) is 0 Å². The van der Waals surface area contributed by atoms with E-state index in [0.29, 0.717) is 18.6 Å². The molecule has 0 aromatic heterocycles. The molecular weight excluding hydrogens is 312 g/mol. The Labute approximate surface area is 148 Å². The molecule has 4 rings (SSSR count). The van der Waals surface area contributed by atoms with E-state index in [2.05, 4.69) is 6.92 Å². The monoisotopic (exact) mass is 334 g/mol. The molecule has 0 amide bonds. The molecule has 1 saturated carbocycles. The lowest BCUT2D eigenvalue weighted by Gasteiger charge is -2.44. The van der Waals surface area contributed by atoms with Crippen LogP contribution in [0.2, 0.25) is 0 Å². The van der Waals surface area contributed by atoms with Crippen LogP contribution in [0.1, 0.15) is 49.7 Å². The van der Waals surface area contributed by atoms with Crippen LogP contribution in [0, 0.1) is 5.92 Å². The number of benzene rings is 2. The Kier molecular flexibility index (Phi) is 3.95. The van der Waals surface area contributed by atoms with Crippen LogP contribution in [-0.2, 0) is 15.0 Å². The van der Waals surface area contributed by atoms with Crippen molar-refractivity contribution in [3.05, 3.63) is 65.7 Å². The quantitative estimate of drug-likeness (QED) is 0.617. The topological polar surface area (TPSA) is 43.4 Å². The fourth-order valence-corrected chi connectivity index (χ4v) is 4.84. The molecule has 1 unspecified atom stereocenters. The average molecular weight is 334 g/mol. The van der Waals surface area contributed by atoms with Gasteiger partial charge in [-0.2, -0.15) is 0 Å². The second kappa shape index (κ2) is 6.14. The summed E-state index contributed by atoms with van der Waals surface area (Å²) in [5.74, 6) is 0.537. The lowest BCUT2D eigenvalue weighted by Crippen LogP contribution is -2.51. The van der Waals surface area contributed by atoms with Crippen molar-refractivity contribution >= 4 is 11.8 Å². The average Bonchev–Trinajstić information content (AvgIpc) is 2.92. The number of fused-ring (bicyclic) bond motifs is 2.